The zero-order valence-electron chi connectivity index (χ0n) is 12.8. The van der Waals surface area contributed by atoms with E-state index in [2.05, 4.69) is 25.7 Å². The molecule has 19 heavy (non-hydrogen) atoms. The summed E-state index contributed by atoms with van der Waals surface area (Å²) in [5, 5.41) is 0. The molecule has 1 saturated heterocycles. The van der Waals surface area contributed by atoms with Crippen LogP contribution in [0.5, 0.6) is 0 Å². The van der Waals surface area contributed by atoms with Gasteiger partial charge in [-0.1, -0.05) is 20.8 Å². The first-order chi connectivity index (χ1) is 9.01. The molecule has 2 fully saturated rings. The van der Waals surface area contributed by atoms with Gasteiger partial charge in [0.05, 0.1) is 0 Å². The molecule has 110 valence electrons. The lowest BCUT2D eigenvalue weighted by molar-refractivity contribution is -0.136. The Labute approximate surface area is 117 Å². The number of amides is 1. The lowest BCUT2D eigenvalue weighted by Gasteiger charge is -2.34. The molecule has 2 rings (SSSR count). The zero-order valence-corrected chi connectivity index (χ0v) is 12.8. The van der Waals surface area contributed by atoms with E-state index in [1.165, 1.54) is 19.3 Å². The molecule has 1 saturated carbocycles. The maximum Gasteiger partial charge on any atom is 0.225 e. The average Bonchev–Trinajstić information content (AvgIpc) is 2.86. The summed E-state index contributed by atoms with van der Waals surface area (Å²) < 4.78 is 0. The van der Waals surface area contributed by atoms with Crippen LogP contribution in [0.15, 0.2) is 0 Å². The van der Waals surface area contributed by atoms with Gasteiger partial charge in [0.2, 0.25) is 5.91 Å². The monoisotopic (exact) mass is 266 g/mol. The Morgan fingerprint density at radius 3 is 2.53 bits per heavy atom. The Hall–Kier alpha value is -0.570. The van der Waals surface area contributed by atoms with Gasteiger partial charge in [0, 0.05) is 25.0 Å². The number of carbonyl (C=O) groups excluding carboxylic acids is 1. The normalized spacial score (nSPS) is 34.5. The van der Waals surface area contributed by atoms with Crippen molar-refractivity contribution in [3.8, 4) is 0 Å². The Bertz CT molecular complexity index is 325. The fraction of sp³-hybridized carbons (Fsp3) is 0.938. The predicted octanol–water partition coefficient (Wildman–Crippen LogP) is 2.79. The largest absolute Gasteiger partial charge is 0.342 e. The van der Waals surface area contributed by atoms with Crippen molar-refractivity contribution >= 4 is 5.91 Å². The standard InChI is InChI=1S/C16H30N2O/c1-4-16(5-2)8-9-18(11-16)15(19)13-7-6-12(3)14(17)10-13/h12-14H,4-11,17H2,1-3H3. The molecule has 0 radical (unpaired) electrons. The second kappa shape index (κ2) is 5.82. The van der Waals surface area contributed by atoms with Crippen molar-refractivity contribution in [1.82, 2.24) is 4.90 Å². The minimum Gasteiger partial charge on any atom is -0.342 e. The quantitative estimate of drug-likeness (QED) is 0.854. The fourth-order valence-corrected chi connectivity index (χ4v) is 3.79. The van der Waals surface area contributed by atoms with E-state index in [1.54, 1.807) is 0 Å². The summed E-state index contributed by atoms with van der Waals surface area (Å²) in [4.78, 5) is 14.8. The Morgan fingerprint density at radius 1 is 1.32 bits per heavy atom. The Kier molecular flexibility index (Phi) is 4.54. The van der Waals surface area contributed by atoms with Crippen molar-refractivity contribution in [2.75, 3.05) is 13.1 Å². The van der Waals surface area contributed by atoms with Crippen LogP contribution in [0, 0.1) is 17.3 Å². The smallest absolute Gasteiger partial charge is 0.225 e. The number of nitrogens with two attached hydrogens (primary N) is 1. The molecule has 0 bridgehead atoms. The van der Waals surface area contributed by atoms with Gasteiger partial charge in [0.15, 0.2) is 0 Å². The number of carbonyl (C=O) groups is 1. The summed E-state index contributed by atoms with van der Waals surface area (Å²) in [5.41, 5.74) is 6.53. The second-order valence-corrected chi connectivity index (χ2v) is 6.87. The molecule has 0 aromatic heterocycles. The number of rotatable bonds is 3. The first kappa shape index (κ1) is 14.8. The van der Waals surface area contributed by atoms with E-state index in [9.17, 15) is 4.79 Å². The lowest BCUT2D eigenvalue weighted by Crippen LogP contribution is -2.43. The van der Waals surface area contributed by atoms with E-state index < -0.39 is 0 Å². The Balaban J connectivity index is 1.94. The van der Waals surface area contributed by atoms with Crippen LogP contribution >= 0.6 is 0 Å². The van der Waals surface area contributed by atoms with Gasteiger partial charge in [-0.25, -0.2) is 0 Å². The van der Waals surface area contributed by atoms with Crippen molar-refractivity contribution in [1.29, 1.82) is 0 Å². The molecule has 0 spiro atoms. The van der Waals surface area contributed by atoms with Gasteiger partial charge in [-0.3, -0.25) is 4.79 Å². The molecule has 3 nitrogen and oxygen atoms in total. The van der Waals surface area contributed by atoms with Crippen LogP contribution in [0.25, 0.3) is 0 Å². The van der Waals surface area contributed by atoms with E-state index in [0.717, 1.165) is 32.4 Å². The van der Waals surface area contributed by atoms with Crippen LogP contribution in [0.3, 0.4) is 0 Å². The molecule has 2 aliphatic rings. The molecular formula is C16H30N2O. The van der Waals surface area contributed by atoms with Crippen LogP contribution in [0.2, 0.25) is 0 Å². The molecule has 2 N–H and O–H groups in total. The van der Waals surface area contributed by atoms with Gasteiger partial charge in [-0.15, -0.1) is 0 Å². The highest BCUT2D eigenvalue weighted by Gasteiger charge is 2.40. The van der Waals surface area contributed by atoms with Crippen molar-refractivity contribution < 1.29 is 4.79 Å². The van der Waals surface area contributed by atoms with Gasteiger partial charge in [0.25, 0.3) is 0 Å². The minimum atomic E-state index is 0.190. The van der Waals surface area contributed by atoms with Gasteiger partial charge < -0.3 is 10.6 Å². The molecule has 0 aromatic rings. The molecule has 3 atom stereocenters. The van der Waals surface area contributed by atoms with Crippen LogP contribution in [0.4, 0.5) is 0 Å². The molecule has 0 aromatic carbocycles. The summed E-state index contributed by atoms with van der Waals surface area (Å²) >= 11 is 0. The van der Waals surface area contributed by atoms with Crippen molar-refractivity contribution in [2.45, 2.75) is 65.3 Å². The van der Waals surface area contributed by atoms with Gasteiger partial charge in [0.1, 0.15) is 0 Å². The van der Waals surface area contributed by atoms with Crippen LogP contribution < -0.4 is 5.73 Å². The maximum atomic E-state index is 12.6. The first-order valence-corrected chi connectivity index (χ1v) is 8.05. The van der Waals surface area contributed by atoms with Crippen molar-refractivity contribution in [3.63, 3.8) is 0 Å². The Morgan fingerprint density at radius 2 is 2.00 bits per heavy atom. The summed E-state index contributed by atoms with van der Waals surface area (Å²) in [6, 6.07) is 0.215. The molecule has 3 unspecified atom stereocenters. The highest BCUT2D eigenvalue weighted by molar-refractivity contribution is 5.79. The van der Waals surface area contributed by atoms with Gasteiger partial charge >= 0.3 is 0 Å². The van der Waals surface area contributed by atoms with Crippen LogP contribution in [-0.4, -0.2) is 29.9 Å². The SMILES string of the molecule is CCC1(CC)CCN(C(=O)C2CCC(C)C(N)C2)C1. The van der Waals surface area contributed by atoms with Gasteiger partial charge in [-0.2, -0.15) is 0 Å². The molecule has 3 heteroatoms. The van der Waals surface area contributed by atoms with E-state index in [-0.39, 0.29) is 12.0 Å². The third kappa shape index (κ3) is 2.96. The lowest BCUT2D eigenvalue weighted by atomic mass is 9.79. The third-order valence-corrected chi connectivity index (χ3v) is 5.86. The van der Waals surface area contributed by atoms with E-state index in [0.29, 0.717) is 17.2 Å². The highest BCUT2D eigenvalue weighted by atomic mass is 16.2. The zero-order chi connectivity index (χ0) is 14.0. The first-order valence-electron chi connectivity index (χ1n) is 8.05. The van der Waals surface area contributed by atoms with E-state index in [4.69, 9.17) is 5.73 Å². The number of hydrogen-bond donors (Lipinski definition) is 1. The second-order valence-electron chi connectivity index (χ2n) is 6.87. The average molecular weight is 266 g/mol. The molecule has 1 amide bonds. The number of likely N-dealkylation sites (tertiary alicyclic amines) is 1. The van der Waals surface area contributed by atoms with Crippen molar-refractivity contribution in [3.05, 3.63) is 0 Å². The summed E-state index contributed by atoms with van der Waals surface area (Å²) in [7, 11) is 0. The molecule has 1 aliphatic heterocycles. The number of hydrogen-bond acceptors (Lipinski definition) is 2. The van der Waals surface area contributed by atoms with Crippen LogP contribution in [0.1, 0.15) is 59.3 Å². The minimum absolute atomic E-state index is 0.190. The highest BCUT2D eigenvalue weighted by Crippen LogP contribution is 2.38. The fourth-order valence-electron chi connectivity index (χ4n) is 3.79. The summed E-state index contributed by atoms with van der Waals surface area (Å²) in [6.45, 7) is 8.66. The molecular weight excluding hydrogens is 236 g/mol. The summed E-state index contributed by atoms with van der Waals surface area (Å²) in [5.74, 6) is 1.15. The molecule has 1 heterocycles. The summed E-state index contributed by atoms with van der Waals surface area (Å²) in [6.07, 6.45) is 6.60. The topological polar surface area (TPSA) is 46.3 Å². The van der Waals surface area contributed by atoms with Crippen LogP contribution in [-0.2, 0) is 4.79 Å². The van der Waals surface area contributed by atoms with Gasteiger partial charge in [-0.05, 0) is 49.9 Å². The van der Waals surface area contributed by atoms with E-state index in [1.807, 2.05) is 0 Å². The molecule has 1 aliphatic carbocycles. The van der Waals surface area contributed by atoms with Crippen molar-refractivity contribution in [2.24, 2.45) is 23.0 Å². The predicted molar refractivity (Wildman–Crippen MR) is 78.7 cm³/mol. The number of nitrogens with zero attached hydrogens (tertiary/aromatic N) is 1. The third-order valence-electron chi connectivity index (χ3n) is 5.86. The maximum absolute atomic E-state index is 12.6. The van der Waals surface area contributed by atoms with E-state index >= 15 is 0 Å².